The van der Waals surface area contributed by atoms with Crippen LogP contribution in [0.25, 0.3) is 0 Å². The van der Waals surface area contributed by atoms with Gasteiger partial charge in [0.15, 0.2) is 25.2 Å². The Balaban J connectivity index is 0.898. The van der Waals surface area contributed by atoms with Gasteiger partial charge < -0.3 is 103 Å². The van der Waals surface area contributed by atoms with Crippen LogP contribution in [0.15, 0.2) is 11.6 Å². The highest BCUT2D eigenvalue weighted by Gasteiger charge is 2.79. The van der Waals surface area contributed by atoms with Crippen molar-refractivity contribution in [2.75, 3.05) is 26.9 Å². The Kier molecular flexibility index (Phi) is 19.1. The quantitative estimate of drug-likeness (QED) is 0.0345. The van der Waals surface area contributed by atoms with Gasteiger partial charge >= 0.3 is 22.3 Å². The van der Waals surface area contributed by atoms with Gasteiger partial charge in [-0.15, -0.1) is 0 Å². The van der Waals surface area contributed by atoms with Gasteiger partial charge in [0.05, 0.1) is 38.1 Å². The molecule has 0 radical (unpaired) electrons. The number of aliphatic hydroxyl groups excluding tert-OH is 10. The van der Waals surface area contributed by atoms with Crippen molar-refractivity contribution in [2.24, 2.45) is 39.4 Å². The van der Waals surface area contributed by atoms with Crippen molar-refractivity contribution in [1.82, 2.24) is 0 Å². The number of methoxy groups -OCH3 is 1. The van der Waals surface area contributed by atoms with E-state index >= 15 is 0 Å². The predicted octanol–water partition coefficient (Wildman–Crippen LogP) is -0.824. The first-order valence-corrected chi connectivity index (χ1v) is 30.7. The molecule has 5 aliphatic heterocycles. The molecule has 9 rings (SSSR count). The second-order valence-electron chi connectivity index (χ2n) is 26.8. The summed E-state index contributed by atoms with van der Waals surface area (Å²) in [5.74, 6) is -1.16. The third-order valence-electron chi connectivity index (χ3n) is 21.0. The van der Waals surface area contributed by atoms with E-state index in [4.69, 9.17) is 56.3 Å². The summed E-state index contributed by atoms with van der Waals surface area (Å²) in [5, 5.41) is 112. The minimum Gasteiger partial charge on any atom is -0.460 e. The summed E-state index contributed by atoms with van der Waals surface area (Å²) in [6.07, 6.45) is -26.6. The lowest BCUT2D eigenvalue weighted by Gasteiger charge is -2.64. The van der Waals surface area contributed by atoms with Crippen molar-refractivity contribution in [3.63, 3.8) is 0 Å². The van der Waals surface area contributed by atoms with Crippen LogP contribution in [0.4, 0.5) is 0 Å². The third-order valence-corrected chi connectivity index (χ3v) is 21.5. The molecule has 21 unspecified atom stereocenters. The van der Waals surface area contributed by atoms with Crippen LogP contribution in [-0.2, 0) is 76.3 Å². The zero-order valence-electron chi connectivity index (χ0n) is 49.3. The molecule has 28 heteroatoms. The fourth-order valence-corrected chi connectivity index (χ4v) is 17.4. The van der Waals surface area contributed by atoms with Crippen LogP contribution in [-0.4, -0.2) is 243 Å². The van der Waals surface area contributed by atoms with Crippen LogP contribution in [0.1, 0.15) is 120 Å². The van der Waals surface area contributed by atoms with Crippen molar-refractivity contribution in [1.29, 1.82) is 0 Å². The number of esters is 2. The van der Waals surface area contributed by atoms with E-state index in [1.165, 1.54) is 21.0 Å². The number of carbonyl (C=O) groups excluding carboxylic acids is 2. The fourth-order valence-electron chi connectivity index (χ4n) is 16.9. The number of hydrogen-bond acceptors (Lipinski definition) is 26. The van der Waals surface area contributed by atoms with E-state index in [0.717, 1.165) is 5.57 Å². The highest BCUT2D eigenvalue weighted by molar-refractivity contribution is 7.80. The highest BCUT2D eigenvalue weighted by atomic mass is 32.3. The summed E-state index contributed by atoms with van der Waals surface area (Å²) in [6.45, 7) is 14.7. The van der Waals surface area contributed by atoms with Gasteiger partial charge in [-0.2, -0.15) is 8.42 Å². The van der Waals surface area contributed by atoms with Gasteiger partial charge in [0, 0.05) is 20.0 Å². The Hall–Kier alpha value is -2.21. The van der Waals surface area contributed by atoms with Gasteiger partial charge in [-0.05, 0) is 114 Å². The lowest BCUT2D eigenvalue weighted by atomic mass is 9.40. The molecule has 4 aliphatic carbocycles. The van der Waals surface area contributed by atoms with E-state index in [0.29, 0.717) is 57.8 Å². The maximum Gasteiger partial charge on any atom is 0.397 e. The monoisotopic (exact) mass is 1230 g/mol. The van der Waals surface area contributed by atoms with Gasteiger partial charge in [0.25, 0.3) is 0 Å². The number of ether oxygens (including phenoxy) is 11. The molecule has 5 saturated heterocycles. The van der Waals surface area contributed by atoms with Gasteiger partial charge in [-0.25, -0.2) is 4.18 Å². The van der Waals surface area contributed by atoms with Crippen LogP contribution in [0.3, 0.4) is 0 Å². The van der Waals surface area contributed by atoms with Crippen molar-refractivity contribution in [3.05, 3.63) is 11.6 Å². The van der Waals surface area contributed by atoms with Crippen LogP contribution >= 0.6 is 0 Å². The molecule has 0 aromatic heterocycles. The number of hydrogen-bond donors (Lipinski definition) is 11. The molecule has 28 atom stereocenters. The minimum absolute atomic E-state index is 0.0623. The Morgan fingerprint density at radius 3 is 1.92 bits per heavy atom. The van der Waals surface area contributed by atoms with Gasteiger partial charge in [0.2, 0.25) is 0 Å². The number of allylic oxidation sites excluding steroid dienone is 1. The Morgan fingerprint density at radius 2 is 1.31 bits per heavy atom. The molecule has 27 nitrogen and oxygen atoms in total. The average molecular weight is 1230 g/mol. The van der Waals surface area contributed by atoms with E-state index in [-0.39, 0.29) is 29.7 Å². The second kappa shape index (κ2) is 24.2. The minimum atomic E-state index is -5.19. The average Bonchev–Trinajstić information content (AvgIpc) is 1.44. The lowest BCUT2D eigenvalue weighted by Crippen LogP contribution is -2.67. The molecule has 5 heterocycles. The Bertz CT molecular complexity index is 2500. The van der Waals surface area contributed by atoms with Gasteiger partial charge in [-0.1, -0.05) is 39.3 Å². The first-order chi connectivity index (χ1) is 39.1. The molecule has 8 fully saturated rings. The number of fused-ring (bicyclic) bond motifs is 4. The van der Waals surface area contributed by atoms with E-state index in [1.807, 2.05) is 26.8 Å². The molecule has 3 saturated carbocycles. The molecule has 0 aromatic rings. The van der Waals surface area contributed by atoms with Crippen molar-refractivity contribution < 1.29 is 130 Å². The largest absolute Gasteiger partial charge is 0.460 e. The summed E-state index contributed by atoms with van der Waals surface area (Å²) in [5.41, 5.74) is -3.45. The maximum atomic E-state index is 14.6. The number of cyclic esters (lactones) is 1. The zero-order chi connectivity index (χ0) is 61.8. The van der Waals surface area contributed by atoms with Crippen LogP contribution in [0, 0.1) is 39.4 Å². The number of rotatable bonds is 18. The van der Waals surface area contributed by atoms with Gasteiger partial charge in [-0.3, -0.25) is 14.1 Å². The van der Waals surface area contributed by atoms with E-state index in [9.17, 15) is 73.6 Å². The number of carbonyl (C=O) groups is 2. The SMILES string of the molecule is COC1C(O)C(CO)OC(OC2C(O)C(CO)OC(OC3C(C)OC(OC4C(OC5CC[C@]6(C)C7=C[C@H](O)C89C(=O)O[C@@](C)(CCCC(C)(C)OC(C)=O)[C@H]8CC[C@@]9(C)[C@@H]7CC[C@H]6C5(C)C)OCC(OS(=O)(=O)O)C4O)C(O)C3O)C2O)C1O. The van der Waals surface area contributed by atoms with Crippen LogP contribution in [0.5, 0.6) is 0 Å². The van der Waals surface area contributed by atoms with Gasteiger partial charge in [0.1, 0.15) is 102 Å². The molecular formula is C56H90O27S. The summed E-state index contributed by atoms with van der Waals surface area (Å²) in [6, 6.07) is 0. The molecule has 11 N–H and O–H groups in total. The van der Waals surface area contributed by atoms with E-state index < -0.39 is 192 Å². The highest BCUT2D eigenvalue weighted by Crippen LogP contribution is 2.76. The van der Waals surface area contributed by atoms with E-state index in [1.54, 1.807) is 0 Å². The molecule has 84 heavy (non-hydrogen) atoms. The summed E-state index contributed by atoms with van der Waals surface area (Å²) in [7, 11) is -4.01. The third kappa shape index (κ3) is 11.5. The van der Waals surface area contributed by atoms with Crippen molar-refractivity contribution in [3.8, 4) is 0 Å². The zero-order valence-corrected chi connectivity index (χ0v) is 50.1. The van der Waals surface area contributed by atoms with Crippen LogP contribution in [0.2, 0.25) is 0 Å². The molecule has 0 aromatic carbocycles. The second-order valence-corrected chi connectivity index (χ2v) is 27.8. The molecule has 9 aliphatic rings. The first kappa shape index (κ1) is 66.2. The summed E-state index contributed by atoms with van der Waals surface area (Å²) >= 11 is 0. The topological polar surface area (TPSA) is 402 Å². The molecular weight excluding hydrogens is 1140 g/mol. The van der Waals surface area contributed by atoms with E-state index in [2.05, 4.69) is 27.7 Å². The molecule has 0 bridgehead atoms. The Morgan fingerprint density at radius 1 is 0.714 bits per heavy atom. The molecule has 482 valence electrons. The summed E-state index contributed by atoms with van der Waals surface area (Å²) < 4.78 is 104. The van der Waals surface area contributed by atoms with Crippen LogP contribution < -0.4 is 0 Å². The van der Waals surface area contributed by atoms with Crippen molar-refractivity contribution >= 4 is 22.3 Å². The fraction of sp³-hybridized carbons (Fsp3) is 0.929. The number of aliphatic hydroxyl groups is 10. The smallest absolute Gasteiger partial charge is 0.397 e. The standard InChI is InChI=1S/C56H90O27S/c1-24-42(78-48-41(67)44(36(62)29(22-58)76-48)79-47-40(66)43(72-10)35(61)28(21-57)75-47)38(64)39(65)46(74-24)80-45-37(63)30(83-84(69,70)71)23-73-49(45)77-34-15-18-53(7)27-20-33(60)56-32(14-19-54(56,8)26(27)12-13-31(53)52(34,5)6)55(9,82-50(56)68)17-11-16-51(3,4)81-25(2)59/h20,24,26,28-49,57-58,60-67H,11-19,21-23H2,1-10H3,(H,69,70,71)/t24?,26-,28?,29?,30?,31+,32-,33+,34?,35?,36?,37?,38?,39?,40?,41?,42?,43?,44?,45?,46?,47?,48?,49?,53-,54+,55+,56?/m1/s1. The summed E-state index contributed by atoms with van der Waals surface area (Å²) in [4.78, 5) is 26.4. The molecule has 1 spiro atoms. The predicted molar refractivity (Wildman–Crippen MR) is 283 cm³/mol. The van der Waals surface area contributed by atoms with Crippen molar-refractivity contribution in [2.45, 2.75) is 260 Å². The molecule has 0 amide bonds. The first-order valence-electron chi connectivity index (χ1n) is 29.3. The Labute approximate surface area is 489 Å². The lowest BCUT2D eigenvalue weighted by molar-refractivity contribution is -0.389. The maximum absolute atomic E-state index is 14.6. The normalized spacial score (nSPS) is 49.4.